The number of aliphatic hydroxyl groups excluding tert-OH is 1. The van der Waals surface area contributed by atoms with Gasteiger partial charge < -0.3 is 10.0 Å². The molecule has 0 unspecified atom stereocenters. The van der Waals surface area contributed by atoms with Gasteiger partial charge in [-0.1, -0.05) is 12.2 Å². The lowest BCUT2D eigenvalue weighted by atomic mass is 10.3. The molecular formula is C7H11NO. The second-order valence-electron chi connectivity index (χ2n) is 2.12. The Balaban J connectivity index is 2.63. The van der Waals surface area contributed by atoms with E-state index in [-0.39, 0.29) is 6.61 Å². The fourth-order valence-electron chi connectivity index (χ4n) is 0.816. The maximum atomic E-state index is 8.72. The number of nitrogens with zero attached hydrogens (tertiary/aromatic N) is 1. The van der Waals surface area contributed by atoms with Crippen LogP contribution in [0, 0.1) is 0 Å². The van der Waals surface area contributed by atoms with Crippen molar-refractivity contribution in [3.05, 3.63) is 23.9 Å². The lowest BCUT2D eigenvalue weighted by Crippen LogP contribution is -2.21. The van der Waals surface area contributed by atoms with Crippen molar-refractivity contribution in [2.75, 3.05) is 20.2 Å². The van der Waals surface area contributed by atoms with Crippen molar-refractivity contribution in [3.63, 3.8) is 0 Å². The first-order valence-electron chi connectivity index (χ1n) is 3.02. The molecule has 50 valence electrons. The highest BCUT2D eigenvalue weighted by atomic mass is 16.3. The highest BCUT2D eigenvalue weighted by molar-refractivity contribution is 5.17. The largest absolute Gasteiger partial charge is 0.390 e. The van der Waals surface area contributed by atoms with Crippen molar-refractivity contribution < 1.29 is 5.11 Å². The van der Waals surface area contributed by atoms with Crippen LogP contribution in [0.1, 0.15) is 0 Å². The topological polar surface area (TPSA) is 23.5 Å². The van der Waals surface area contributed by atoms with Crippen LogP contribution in [-0.2, 0) is 0 Å². The predicted molar refractivity (Wildman–Crippen MR) is 36.9 cm³/mol. The van der Waals surface area contributed by atoms with Gasteiger partial charge in [-0.2, -0.15) is 0 Å². The molecule has 0 saturated heterocycles. The van der Waals surface area contributed by atoms with Gasteiger partial charge in [0, 0.05) is 19.3 Å². The van der Waals surface area contributed by atoms with Crippen LogP contribution < -0.4 is 0 Å². The molecule has 0 aromatic rings. The second kappa shape index (κ2) is 2.69. The molecule has 2 nitrogen and oxygen atoms in total. The van der Waals surface area contributed by atoms with Gasteiger partial charge in [-0.05, 0) is 6.08 Å². The third kappa shape index (κ3) is 1.33. The average molecular weight is 125 g/mol. The Morgan fingerprint density at radius 2 is 2.56 bits per heavy atom. The summed E-state index contributed by atoms with van der Waals surface area (Å²) in [6.07, 6.45) is 5.94. The van der Waals surface area contributed by atoms with Gasteiger partial charge in [0.05, 0.1) is 6.61 Å². The van der Waals surface area contributed by atoms with Crippen molar-refractivity contribution in [1.82, 2.24) is 4.90 Å². The molecule has 1 heterocycles. The quantitative estimate of drug-likeness (QED) is 0.547. The molecule has 0 aliphatic carbocycles. The van der Waals surface area contributed by atoms with E-state index in [1.54, 1.807) is 0 Å². The van der Waals surface area contributed by atoms with Crippen LogP contribution in [0.3, 0.4) is 0 Å². The fraction of sp³-hybridized carbons (Fsp3) is 0.429. The van der Waals surface area contributed by atoms with Crippen LogP contribution in [0.4, 0.5) is 0 Å². The molecule has 1 N–H and O–H groups in total. The number of allylic oxidation sites excluding steroid dienone is 2. The first-order valence-corrected chi connectivity index (χ1v) is 3.02. The van der Waals surface area contributed by atoms with E-state index in [0.29, 0.717) is 0 Å². The molecule has 0 atom stereocenters. The Kier molecular flexibility index (Phi) is 1.90. The minimum atomic E-state index is 0.140. The lowest BCUT2D eigenvalue weighted by Gasteiger charge is -2.21. The molecule has 9 heavy (non-hydrogen) atoms. The normalized spacial score (nSPS) is 18.0. The van der Waals surface area contributed by atoms with E-state index < -0.39 is 0 Å². The van der Waals surface area contributed by atoms with Crippen LogP contribution in [-0.4, -0.2) is 30.2 Å². The summed E-state index contributed by atoms with van der Waals surface area (Å²) in [6.45, 7) is 1.05. The van der Waals surface area contributed by atoms with Gasteiger partial charge in [0.25, 0.3) is 0 Å². The molecule has 1 aliphatic rings. The first-order chi connectivity index (χ1) is 4.34. The van der Waals surface area contributed by atoms with E-state index in [4.69, 9.17) is 5.11 Å². The molecule has 0 amide bonds. The Bertz CT molecular complexity index is 149. The Morgan fingerprint density at radius 1 is 1.78 bits per heavy atom. The number of aliphatic hydroxyl groups is 1. The summed E-state index contributed by atoms with van der Waals surface area (Å²) in [5, 5.41) is 8.72. The molecule has 0 bridgehead atoms. The molecule has 1 rings (SSSR count). The van der Waals surface area contributed by atoms with Crippen molar-refractivity contribution in [1.29, 1.82) is 0 Å². The minimum absolute atomic E-state index is 0.140. The zero-order valence-electron chi connectivity index (χ0n) is 5.54. The number of hydrogen-bond donors (Lipinski definition) is 1. The smallest absolute Gasteiger partial charge is 0.0829 e. The van der Waals surface area contributed by atoms with Crippen molar-refractivity contribution in [2.24, 2.45) is 0 Å². The second-order valence-corrected chi connectivity index (χ2v) is 2.12. The molecule has 0 radical (unpaired) electrons. The standard InChI is InChI=1S/C7H11NO/c1-8-5-3-2-4-7(8)6-9/h2-4,9H,5-6H2,1H3. The van der Waals surface area contributed by atoms with E-state index in [0.717, 1.165) is 12.2 Å². The summed E-state index contributed by atoms with van der Waals surface area (Å²) in [5.41, 5.74) is 0.984. The molecule has 2 heteroatoms. The van der Waals surface area contributed by atoms with E-state index >= 15 is 0 Å². The van der Waals surface area contributed by atoms with Gasteiger partial charge in [0.2, 0.25) is 0 Å². The van der Waals surface area contributed by atoms with Gasteiger partial charge >= 0.3 is 0 Å². The first kappa shape index (κ1) is 6.36. The van der Waals surface area contributed by atoms with Gasteiger partial charge in [0.1, 0.15) is 0 Å². The maximum absolute atomic E-state index is 8.72. The number of hydrogen-bond acceptors (Lipinski definition) is 2. The SMILES string of the molecule is CN1CC=CC=C1CO. The molecule has 1 aliphatic heterocycles. The van der Waals surface area contributed by atoms with Crippen molar-refractivity contribution >= 4 is 0 Å². The summed E-state index contributed by atoms with van der Waals surface area (Å²) in [6, 6.07) is 0. The van der Waals surface area contributed by atoms with Crippen LogP contribution in [0.5, 0.6) is 0 Å². The third-order valence-corrected chi connectivity index (χ3v) is 1.46. The van der Waals surface area contributed by atoms with Gasteiger partial charge in [-0.3, -0.25) is 0 Å². The van der Waals surface area contributed by atoms with E-state index in [1.165, 1.54) is 0 Å². The zero-order valence-corrected chi connectivity index (χ0v) is 5.54. The maximum Gasteiger partial charge on any atom is 0.0829 e. The Labute approximate surface area is 55.1 Å². The number of rotatable bonds is 1. The summed E-state index contributed by atoms with van der Waals surface area (Å²) < 4.78 is 0. The summed E-state index contributed by atoms with van der Waals surface area (Å²) >= 11 is 0. The van der Waals surface area contributed by atoms with Crippen LogP contribution in [0.25, 0.3) is 0 Å². The van der Waals surface area contributed by atoms with Crippen LogP contribution in [0.2, 0.25) is 0 Å². The number of likely N-dealkylation sites (N-methyl/N-ethyl adjacent to an activating group) is 1. The molecular weight excluding hydrogens is 114 g/mol. The van der Waals surface area contributed by atoms with Crippen LogP contribution >= 0.6 is 0 Å². The summed E-state index contributed by atoms with van der Waals surface area (Å²) in [5.74, 6) is 0. The molecule has 0 aromatic heterocycles. The van der Waals surface area contributed by atoms with Crippen LogP contribution in [0.15, 0.2) is 23.9 Å². The van der Waals surface area contributed by atoms with E-state index in [2.05, 4.69) is 6.08 Å². The van der Waals surface area contributed by atoms with Gasteiger partial charge in [0.15, 0.2) is 0 Å². The van der Waals surface area contributed by atoms with Gasteiger partial charge in [-0.15, -0.1) is 0 Å². The van der Waals surface area contributed by atoms with Crippen molar-refractivity contribution in [2.45, 2.75) is 0 Å². The molecule has 0 aromatic carbocycles. The van der Waals surface area contributed by atoms with E-state index in [9.17, 15) is 0 Å². The zero-order chi connectivity index (χ0) is 6.69. The predicted octanol–water partition coefficient (Wildman–Crippen LogP) is 0.364. The van der Waals surface area contributed by atoms with Crippen molar-refractivity contribution in [3.8, 4) is 0 Å². The third-order valence-electron chi connectivity index (χ3n) is 1.46. The molecule has 0 saturated carbocycles. The van der Waals surface area contributed by atoms with E-state index in [1.807, 2.05) is 24.1 Å². The summed E-state index contributed by atoms with van der Waals surface area (Å²) in [4.78, 5) is 2.01. The Morgan fingerprint density at radius 3 is 3.00 bits per heavy atom. The highest BCUT2D eigenvalue weighted by Crippen LogP contribution is 2.04. The summed E-state index contributed by atoms with van der Waals surface area (Å²) in [7, 11) is 1.96. The minimum Gasteiger partial charge on any atom is -0.390 e. The highest BCUT2D eigenvalue weighted by Gasteiger charge is 2.01. The monoisotopic (exact) mass is 125 g/mol. The Hall–Kier alpha value is -0.760. The lowest BCUT2D eigenvalue weighted by molar-refractivity contribution is 0.281. The molecule has 0 fully saturated rings. The fourth-order valence-corrected chi connectivity index (χ4v) is 0.816. The average Bonchev–Trinajstić information content (AvgIpc) is 1.89. The van der Waals surface area contributed by atoms with Gasteiger partial charge in [-0.25, -0.2) is 0 Å². The molecule has 0 spiro atoms.